The average Bonchev–Trinajstić information content (AvgIpc) is 2.54. The SMILES string of the molecule is NCCN(CCN)c1ccc(N=Cc2ccccc2)cc1. The molecule has 0 aliphatic rings. The predicted molar refractivity (Wildman–Crippen MR) is 90.5 cm³/mol. The molecule has 0 heterocycles. The van der Waals surface area contributed by atoms with Gasteiger partial charge in [0, 0.05) is 38.1 Å². The van der Waals surface area contributed by atoms with E-state index in [2.05, 4.69) is 22.0 Å². The van der Waals surface area contributed by atoms with Gasteiger partial charge in [-0.3, -0.25) is 4.99 Å². The number of anilines is 1. The molecule has 0 amide bonds. The molecule has 0 atom stereocenters. The monoisotopic (exact) mass is 282 g/mol. The summed E-state index contributed by atoms with van der Waals surface area (Å²) in [6.07, 6.45) is 1.87. The van der Waals surface area contributed by atoms with Crippen LogP contribution in [-0.4, -0.2) is 32.4 Å². The molecule has 2 rings (SSSR count). The van der Waals surface area contributed by atoms with Gasteiger partial charge in [0.1, 0.15) is 0 Å². The van der Waals surface area contributed by atoms with Crippen molar-refractivity contribution in [1.29, 1.82) is 0 Å². The molecular weight excluding hydrogens is 260 g/mol. The average molecular weight is 282 g/mol. The van der Waals surface area contributed by atoms with Gasteiger partial charge < -0.3 is 16.4 Å². The fourth-order valence-corrected chi connectivity index (χ4v) is 2.12. The molecule has 0 aliphatic heterocycles. The highest BCUT2D eigenvalue weighted by molar-refractivity contribution is 5.81. The Bertz CT molecular complexity index is 543. The number of nitrogens with two attached hydrogens (primary N) is 2. The smallest absolute Gasteiger partial charge is 0.0631 e. The quantitative estimate of drug-likeness (QED) is 0.765. The van der Waals surface area contributed by atoms with Crippen LogP contribution in [0.4, 0.5) is 11.4 Å². The van der Waals surface area contributed by atoms with E-state index in [0.717, 1.165) is 30.0 Å². The van der Waals surface area contributed by atoms with Crippen LogP contribution in [-0.2, 0) is 0 Å². The Morgan fingerprint density at radius 2 is 1.48 bits per heavy atom. The van der Waals surface area contributed by atoms with Crippen LogP contribution in [0.15, 0.2) is 59.6 Å². The molecule has 0 fully saturated rings. The van der Waals surface area contributed by atoms with Gasteiger partial charge in [-0.25, -0.2) is 0 Å². The Morgan fingerprint density at radius 3 is 2.05 bits per heavy atom. The highest BCUT2D eigenvalue weighted by atomic mass is 15.1. The summed E-state index contributed by atoms with van der Waals surface area (Å²) in [6, 6.07) is 18.2. The van der Waals surface area contributed by atoms with Gasteiger partial charge in [0.05, 0.1) is 5.69 Å². The molecule has 4 N–H and O–H groups in total. The van der Waals surface area contributed by atoms with Gasteiger partial charge in [-0.15, -0.1) is 0 Å². The first-order valence-corrected chi connectivity index (χ1v) is 7.18. The van der Waals surface area contributed by atoms with Crippen LogP contribution in [0.2, 0.25) is 0 Å². The molecule has 4 nitrogen and oxygen atoms in total. The van der Waals surface area contributed by atoms with E-state index in [-0.39, 0.29) is 0 Å². The van der Waals surface area contributed by atoms with E-state index >= 15 is 0 Å². The lowest BCUT2D eigenvalue weighted by atomic mass is 10.2. The summed E-state index contributed by atoms with van der Waals surface area (Å²) in [5.74, 6) is 0. The minimum absolute atomic E-state index is 0.619. The lowest BCUT2D eigenvalue weighted by Crippen LogP contribution is -2.33. The van der Waals surface area contributed by atoms with Gasteiger partial charge in [0.15, 0.2) is 0 Å². The summed E-state index contributed by atoms with van der Waals surface area (Å²) in [5, 5.41) is 0. The Kier molecular flexibility index (Phi) is 5.94. The second kappa shape index (κ2) is 8.19. The van der Waals surface area contributed by atoms with Crippen molar-refractivity contribution in [3.05, 3.63) is 60.2 Å². The van der Waals surface area contributed by atoms with E-state index in [0.29, 0.717) is 13.1 Å². The second-order valence-electron chi connectivity index (χ2n) is 4.75. The van der Waals surface area contributed by atoms with E-state index in [1.165, 1.54) is 0 Å². The number of aliphatic imine (C=N–C) groups is 1. The largest absolute Gasteiger partial charge is 0.369 e. The molecule has 2 aromatic rings. The summed E-state index contributed by atoms with van der Waals surface area (Å²) in [5.41, 5.74) is 14.4. The first-order chi connectivity index (χ1) is 10.3. The summed E-state index contributed by atoms with van der Waals surface area (Å²) >= 11 is 0. The van der Waals surface area contributed by atoms with E-state index in [1.54, 1.807) is 0 Å². The molecule has 4 heteroatoms. The lowest BCUT2D eigenvalue weighted by Gasteiger charge is -2.23. The number of benzene rings is 2. The molecule has 21 heavy (non-hydrogen) atoms. The topological polar surface area (TPSA) is 67.6 Å². The van der Waals surface area contributed by atoms with E-state index < -0.39 is 0 Å². The number of nitrogens with zero attached hydrogens (tertiary/aromatic N) is 2. The van der Waals surface area contributed by atoms with Crippen LogP contribution in [0.25, 0.3) is 0 Å². The van der Waals surface area contributed by atoms with Gasteiger partial charge in [0.2, 0.25) is 0 Å². The molecule has 0 aliphatic carbocycles. The van der Waals surface area contributed by atoms with Crippen molar-refractivity contribution < 1.29 is 0 Å². The zero-order chi connectivity index (χ0) is 14.9. The fourth-order valence-electron chi connectivity index (χ4n) is 2.12. The molecule has 0 spiro atoms. The van der Waals surface area contributed by atoms with Crippen molar-refractivity contribution in [1.82, 2.24) is 0 Å². The lowest BCUT2D eigenvalue weighted by molar-refractivity contribution is 0.782. The Hall–Kier alpha value is -2.17. The van der Waals surface area contributed by atoms with Crippen LogP contribution in [0, 0.1) is 0 Å². The summed E-state index contributed by atoms with van der Waals surface area (Å²) in [4.78, 5) is 6.66. The Balaban J connectivity index is 2.06. The molecule has 110 valence electrons. The van der Waals surface area contributed by atoms with Crippen molar-refractivity contribution in [3.63, 3.8) is 0 Å². The Labute approximate surface area is 126 Å². The minimum Gasteiger partial charge on any atom is -0.369 e. The van der Waals surface area contributed by atoms with Gasteiger partial charge in [-0.05, 0) is 29.8 Å². The Morgan fingerprint density at radius 1 is 0.857 bits per heavy atom. The standard InChI is InChI=1S/C17H22N4/c18-10-12-21(13-11-19)17-8-6-16(7-9-17)20-14-15-4-2-1-3-5-15/h1-9,14H,10-13,18-19H2. The van der Waals surface area contributed by atoms with Crippen molar-refractivity contribution in [2.75, 3.05) is 31.1 Å². The maximum Gasteiger partial charge on any atom is 0.0631 e. The third kappa shape index (κ3) is 4.70. The van der Waals surface area contributed by atoms with Gasteiger partial charge in [0.25, 0.3) is 0 Å². The molecule has 0 unspecified atom stereocenters. The zero-order valence-corrected chi connectivity index (χ0v) is 12.2. The predicted octanol–water partition coefficient (Wildman–Crippen LogP) is 2.16. The summed E-state index contributed by atoms with van der Waals surface area (Å²) in [6.45, 7) is 2.86. The number of hydrogen-bond donors (Lipinski definition) is 2. The first kappa shape index (κ1) is 15.2. The highest BCUT2D eigenvalue weighted by Crippen LogP contribution is 2.19. The van der Waals surface area contributed by atoms with Crippen LogP contribution >= 0.6 is 0 Å². The van der Waals surface area contributed by atoms with Crippen LogP contribution < -0.4 is 16.4 Å². The summed E-state index contributed by atoms with van der Waals surface area (Å²) in [7, 11) is 0. The molecule has 0 radical (unpaired) electrons. The van der Waals surface area contributed by atoms with Gasteiger partial charge in [-0.2, -0.15) is 0 Å². The van der Waals surface area contributed by atoms with Crippen molar-refractivity contribution in [3.8, 4) is 0 Å². The van der Waals surface area contributed by atoms with Crippen molar-refractivity contribution in [2.24, 2.45) is 16.5 Å². The second-order valence-corrected chi connectivity index (χ2v) is 4.75. The van der Waals surface area contributed by atoms with Gasteiger partial charge >= 0.3 is 0 Å². The van der Waals surface area contributed by atoms with E-state index in [4.69, 9.17) is 11.5 Å². The molecule has 0 bridgehead atoms. The minimum atomic E-state index is 0.619. The fraction of sp³-hybridized carbons (Fsp3) is 0.235. The molecule has 0 aromatic heterocycles. The maximum absolute atomic E-state index is 5.63. The maximum atomic E-state index is 5.63. The zero-order valence-electron chi connectivity index (χ0n) is 12.2. The van der Waals surface area contributed by atoms with E-state index in [9.17, 15) is 0 Å². The molecule has 0 saturated carbocycles. The third-order valence-corrected chi connectivity index (χ3v) is 3.18. The molecular formula is C17H22N4. The highest BCUT2D eigenvalue weighted by Gasteiger charge is 2.03. The number of rotatable bonds is 7. The van der Waals surface area contributed by atoms with Crippen molar-refractivity contribution in [2.45, 2.75) is 0 Å². The van der Waals surface area contributed by atoms with Gasteiger partial charge in [-0.1, -0.05) is 30.3 Å². The first-order valence-electron chi connectivity index (χ1n) is 7.18. The van der Waals surface area contributed by atoms with Crippen LogP contribution in [0.3, 0.4) is 0 Å². The van der Waals surface area contributed by atoms with Crippen LogP contribution in [0.1, 0.15) is 5.56 Å². The number of hydrogen-bond acceptors (Lipinski definition) is 4. The molecule has 0 saturated heterocycles. The van der Waals surface area contributed by atoms with E-state index in [1.807, 2.05) is 48.7 Å². The summed E-state index contributed by atoms with van der Waals surface area (Å²) < 4.78 is 0. The van der Waals surface area contributed by atoms with Crippen molar-refractivity contribution >= 4 is 17.6 Å². The third-order valence-electron chi connectivity index (χ3n) is 3.18. The van der Waals surface area contributed by atoms with Crippen LogP contribution in [0.5, 0.6) is 0 Å². The normalized spacial score (nSPS) is 11.0. The molecule has 2 aromatic carbocycles.